The van der Waals surface area contributed by atoms with Crippen LogP contribution >= 0.6 is 12.6 Å². The average Bonchev–Trinajstić information content (AvgIpc) is 1.87. The molecule has 2 N–H and O–H groups in total. The second-order valence-electron chi connectivity index (χ2n) is 2.08. The Morgan fingerprint density at radius 2 is 2.45 bits per heavy atom. The maximum absolute atomic E-state index is 9.97. The fourth-order valence-corrected chi connectivity index (χ4v) is 0.838. The van der Waals surface area contributed by atoms with E-state index in [-0.39, 0.29) is 12.0 Å². The van der Waals surface area contributed by atoms with Crippen LogP contribution in [0.3, 0.4) is 0 Å². The minimum atomic E-state index is -0.943. The van der Waals surface area contributed by atoms with E-state index in [2.05, 4.69) is 18.1 Å². The van der Waals surface area contributed by atoms with Crippen LogP contribution in [-0.2, 0) is 9.63 Å². The molecule has 0 bridgehead atoms. The number of carbonyl (C=O) groups is 1. The lowest BCUT2D eigenvalue weighted by Gasteiger charge is -2.09. The first kappa shape index (κ1) is 10.7. The van der Waals surface area contributed by atoms with Crippen molar-refractivity contribution in [2.75, 3.05) is 6.54 Å². The van der Waals surface area contributed by atoms with Crippen LogP contribution in [0.2, 0.25) is 0 Å². The highest BCUT2D eigenvalue weighted by atomic mass is 32.1. The lowest BCUT2D eigenvalue weighted by Crippen LogP contribution is -2.26. The SMILES string of the molecule is CCCC(S)ONCC(=O)O. The van der Waals surface area contributed by atoms with Gasteiger partial charge in [-0.25, -0.2) is 0 Å². The van der Waals surface area contributed by atoms with Crippen LogP contribution in [0.4, 0.5) is 0 Å². The van der Waals surface area contributed by atoms with Crippen molar-refractivity contribution >= 4 is 18.6 Å². The van der Waals surface area contributed by atoms with Crippen molar-refractivity contribution in [3.8, 4) is 0 Å². The van der Waals surface area contributed by atoms with E-state index in [1.807, 2.05) is 6.92 Å². The van der Waals surface area contributed by atoms with Crippen LogP contribution in [0, 0.1) is 0 Å². The molecule has 66 valence electrons. The molecule has 0 spiro atoms. The summed E-state index contributed by atoms with van der Waals surface area (Å²) in [5, 5.41) is 8.19. The molecule has 0 aliphatic carbocycles. The van der Waals surface area contributed by atoms with Gasteiger partial charge in [0.25, 0.3) is 0 Å². The minimum Gasteiger partial charge on any atom is -0.480 e. The zero-order valence-electron chi connectivity index (χ0n) is 6.41. The Morgan fingerprint density at radius 1 is 1.82 bits per heavy atom. The van der Waals surface area contributed by atoms with Gasteiger partial charge in [-0.05, 0) is 6.42 Å². The lowest BCUT2D eigenvalue weighted by atomic mass is 10.4. The summed E-state index contributed by atoms with van der Waals surface area (Å²) in [6.07, 6.45) is 1.76. The molecule has 0 rings (SSSR count). The average molecular weight is 179 g/mol. The first-order valence-corrected chi connectivity index (χ1v) is 3.96. The Morgan fingerprint density at radius 3 is 2.91 bits per heavy atom. The molecule has 0 fully saturated rings. The summed E-state index contributed by atoms with van der Waals surface area (Å²) in [6.45, 7) is 1.81. The first-order valence-electron chi connectivity index (χ1n) is 3.45. The van der Waals surface area contributed by atoms with Gasteiger partial charge in [-0.15, -0.1) is 12.6 Å². The standard InChI is InChI=1S/C6H13NO3S/c1-2-3-6(11)10-7-4-5(8)9/h6-7,11H,2-4H2,1H3,(H,8,9). The van der Waals surface area contributed by atoms with Crippen molar-refractivity contribution in [3.63, 3.8) is 0 Å². The van der Waals surface area contributed by atoms with Crippen molar-refractivity contribution in [2.45, 2.75) is 25.2 Å². The quantitative estimate of drug-likeness (QED) is 0.318. The number of hydroxylamine groups is 1. The van der Waals surface area contributed by atoms with Gasteiger partial charge in [-0.1, -0.05) is 13.3 Å². The Kier molecular flexibility index (Phi) is 6.30. The van der Waals surface area contributed by atoms with E-state index in [0.717, 1.165) is 12.8 Å². The van der Waals surface area contributed by atoms with Gasteiger partial charge in [0.05, 0.1) is 0 Å². The Hall–Kier alpha value is -0.260. The monoisotopic (exact) mass is 179 g/mol. The summed E-state index contributed by atoms with van der Waals surface area (Å²) in [7, 11) is 0. The minimum absolute atomic E-state index is 0.194. The molecule has 0 aromatic rings. The molecule has 0 radical (unpaired) electrons. The topological polar surface area (TPSA) is 58.6 Å². The van der Waals surface area contributed by atoms with E-state index in [4.69, 9.17) is 9.94 Å². The third-order valence-electron chi connectivity index (χ3n) is 0.978. The number of carboxylic acids is 1. The zero-order valence-corrected chi connectivity index (χ0v) is 7.30. The fourth-order valence-electron chi connectivity index (χ4n) is 0.505. The van der Waals surface area contributed by atoms with Crippen LogP contribution in [0.15, 0.2) is 0 Å². The second kappa shape index (κ2) is 6.45. The van der Waals surface area contributed by atoms with E-state index in [1.54, 1.807) is 0 Å². The molecule has 1 atom stereocenters. The van der Waals surface area contributed by atoms with Gasteiger partial charge in [0.15, 0.2) is 0 Å². The van der Waals surface area contributed by atoms with Gasteiger partial charge in [-0.3, -0.25) is 9.63 Å². The summed E-state index contributed by atoms with van der Waals surface area (Å²) in [5.74, 6) is -0.943. The molecule has 0 saturated heterocycles. The van der Waals surface area contributed by atoms with Crippen LogP contribution in [0.1, 0.15) is 19.8 Å². The van der Waals surface area contributed by atoms with Gasteiger partial charge in [-0.2, -0.15) is 5.48 Å². The molecular formula is C6H13NO3S. The Balaban J connectivity index is 3.16. The largest absolute Gasteiger partial charge is 0.480 e. The van der Waals surface area contributed by atoms with Crippen molar-refractivity contribution in [2.24, 2.45) is 0 Å². The number of aliphatic carboxylic acids is 1. The zero-order chi connectivity index (χ0) is 8.69. The van der Waals surface area contributed by atoms with Crippen LogP contribution < -0.4 is 5.48 Å². The number of rotatable bonds is 6. The molecule has 4 nitrogen and oxygen atoms in total. The van der Waals surface area contributed by atoms with E-state index >= 15 is 0 Å². The maximum atomic E-state index is 9.97. The number of nitrogens with one attached hydrogen (secondary N) is 1. The molecule has 0 heterocycles. The molecule has 11 heavy (non-hydrogen) atoms. The second-order valence-corrected chi connectivity index (χ2v) is 2.65. The number of hydrogen-bond donors (Lipinski definition) is 3. The predicted molar refractivity (Wildman–Crippen MR) is 44.4 cm³/mol. The van der Waals surface area contributed by atoms with Gasteiger partial charge in [0.2, 0.25) is 0 Å². The Labute approximate surface area is 71.3 Å². The van der Waals surface area contributed by atoms with E-state index in [0.29, 0.717) is 0 Å². The van der Waals surface area contributed by atoms with Gasteiger partial charge in [0, 0.05) is 0 Å². The van der Waals surface area contributed by atoms with E-state index < -0.39 is 5.97 Å². The molecule has 0 aromatic carbocycles. The molecule has 1 unspecified atom stereocenters. The van der Waals surface area contributed by atoms with Gasteiger partial charge < -0.3 is 5.11 Å². The van der Waals surface area contributed by atoms with Gasteiger partial charge in [0.1, 0.15) is 12.0 Å². The van der Waals surface area contributed by atoms with Gasteiger partial charge >= 0.3 is 5.97 Å². The number of carboxylic acid groups (broad SMARTS) is 1. The summed E-state index contributed by atoms with van der Waals surface area (Å²) >= 11 is 4.03. The lowest BCUT2D eigenvalue weighted by molar-refractivity contribution is -0.139. The third kappa shape index (κ3) is 7.64. The van der Waals surface area contributed by atoms with Crippen molar-refractivity contribution in [3.05, 3.63) is 0 Å². The van der Waals surface area contributed by atoms with Crippen molar-refractivity contribution in [1.29, 1.82) is 0 Å². The van der Waals surface area contributed by atoms with Crippen LogP contribution in [0.5, 0.6) is 0 Å². The highest BCUT2D eigenvalue weighted by Crippen LogP contribution is 2.03. The molecule has 0 amide bonds. The smallest absolute Gasteiger partial charge is 0.319 e. The maximum Gasteiger partial charge on any atom is 0.319 e. The van der Waals surface area contributed by atoms with Crippen molar-refractivity contribution in [1.82, 2.24) is 5.48 Å². The first-order chi connectivity index (χ1) is 5.16. The number of thiol groups is 1. The third-order valence-corrected chi connectivity index (χ3v) is 1.34. The van der Waals surface area contributed by atoms with Crippen LogP contribution in [-0.4, -0.2) is 23.1 Å². The molecule has 5 heteroatoms. The van der Waals surface area contributed by atoms with E-state index in [9.17, 15) is 4.79 Å². The molecule has 0 aliphatic heterocycles. The Bertz CT molecular complexity index is 120. The molecule has 0 aromatic heterocycles. The summed E-state index contributed by atoms with van der Waals surface area (Å²) < 4.78 is 0. The fraction of sp³-hybridized carbons (Fsp3) is 0.833. The van der Waals surface area contributed by atoms with Crippen LogP contribution in [0.25, 0.3) is 0 Å². The molecule has 0 aliphatic rings. The number of hydrogen-bond acceptors (Lipinski definition) is 4. The molecule has 0 saturated carbocycles. The normalized spacial score (nSPS) is 12.9. The molecular weight excluding hydrogens is 166 g/mol. The summed E-state index contributed by atoms with van der Waals surface area (Å²) in [6, 6.07) is 0. The highest BCUT2D eigenvalue weighted by molar-refractivity contribution is 7.80. The van der Waals surface area contributed by atoms with Crippen molar-refractivity contribution < 1.29 is 14.7 Å². The highest BCUT2D eigenvalue weighted by Gasteiger charge is 2.01. The predicted octanol–water partition coefficient (Wildman–Crippen LogP) is 0.648. The van der Waals surface area contributed by atoms with E-state index in [1.165, 1.54) is 0 Å². The summed E-state index contributed by atoms with van der Waals surface area (Å²) in [4.78, 5) is 14.8. The summed E-state index contributed by atoms with van der Waals surface area (Å²) in [5.41, 5.74) is 2.07.